The van der Waals surface area contributed by atoms with E-state index in [-0.39, 0.29) is 0 Å². The minimum atomic E-state index is -0.523. The minimum absolute atomic E-state index is 0.523. The molecule has 0 aliphatic carbocycles. The summed E-state index contributed by atoms with van der Waals surface area (Å²) >= 11 is 2.87. The Morgan fingerprint density at radius 2 is 2.27 bits per heavy atom. The molecule has 4 nitrogen and oxygen atoms in total. The molecule has 78 valence electrons. The summed E-state index contributed by atoms with van der Waals surface area (Å²) in [4.78, 5) is 9.20. The van der Waals surface area contributed by atoms with Crippen LogP contribution in [0.1, 0.15) is 18.7 Å². The van der Waals surface area contributed by atoms with E-state index in [9.17, 15) is 5.11 Å². The Hall–Kier alpha value is -0.980. The van der Waals surface area contributed by atoms with Crippen LogP contribution in [0.4, 0.5) is 0 Å². The van der Waals surface area contributed by atoms with Crippen molar-refractivity contribution in [2.24, 2.45) is 0 Å². The summed E-state index contributed by atoms with van der Waals surface area (Å²) in [6.45, 7) is 1.69. The highest BCUT2D eigenvalue weighted by Gasteiger charge is 2.04. The Labute approximate surface area is 95.6 Å². The number of nitrogens with zero attached hydrogens (tertiary/aromatic N) is 3. The Morgan fingerprint density at radius 1 is 1.40 bits per heavy atom. The second kappa shape index (κ2) is 4.69. The molecular weight excluding hydrogens is 230 g/mol. The second-order valence-corrected chi connectivity index (χ2v) is 5.00. The molecule has 2 aromatic heterocycles. The molecule has 2 aromatic rings. The summed E-state index contributed by atoms with van der Waals surface area (Å²) in [6.07, 6.45) is 2.74. The lowest BCUT2D eigenvalue weighted by Crippen LogP contribution is -1.94. The number of aliphatic hydroxyl groups excluding tert-OH is 1. The molecule has 0 spiro atoms. The molecule has 0 bridgehead atoms. The van der Waals surface area contributed by atoms with Gasteiger partial charge in [0.2, 0.25) is 0 Å². The van der Waals surface area contributed by atoms with E-state index in [2.05, 4.69) is 14.3 Å². The molecule has 0 unspecified atom stereocenters. The molecule has 0 saturated carbocycles. The van der Waals surface area contributed by atoms with Crippen LogP contribution in [0.3, 0.4) is 0 Å². The van der Waals surface area contributed by atoms with Crippen molar-refractivity contribution in [1.82, 2.24) is 14.3 Å². The fourth-order valence-electron chi connectivity index (χ4n) is 1.01. The topological polar surface area (TPSA) is 58.9 Å². The Kier molecular flexibility index (Phi) is 3.30. The summed E-state index contributed by atoms with van der Waals surface area (Å²) in [5.74, 6) is 0. The molecule has 1 N–H and O–H groups in total. The van der Waals surface area contributed by atoms with Crippen LogP contribution in [-0.2, 0) is 0 Å². The third-order valence-electron chi connectivity index (χ3n) is 1.73. The number of pyridine rings is 1. The van der Waals surface area contributed by atoms with Crippen LogP contribution in [0.15, 0.2) is 33.9 Å². The van der Waals surface area contributed by atoms with E-state index >= 15 is 0 Å². The highest BCUT2D eigenvalue weighted by atomic mass is 32.2. The first kappa shape index (κ1) is 10.5. The summed E-state index contributed by atoms with van der Waals surface area (Å²) in [5.41, 5.74) is 0.677. The van der Waals surface area contributed by atoms with Gasteiger partial charge < -0.3 is 5.11 Å². The normalized spacial score (nSPS) is 12.7. The van der Waals surface area contributed by atoms with Gasteiger partial charge in [-0.3, -0.25) is 4.98 Å². The van der Waals surface area contributed by atoms with Crippen molar-refractivity contribution in [2.45, 2.75) is 22.3 Å². The number of aromatic nitrogens is 3. The van der Waals surface area contributed by atoms with Gasteiger partial charge in [0, 0.05) is 11.1 Å². The standard InChI is InChI=1S/C9H9N3OS2/c1-6(13)8-3-2-7(4-10-8)14-9-11-5-12-15-9/h2-6,13H,1H3/t6-/m1/s1. The predicted octanol–water partition coefficient (Wildman–Crippen LogP) is 2.14. The molecule has 0 aliphatic rings. The van der Waals surface area contributed by atoms with Crippen LogP contribution in [0, 0.1) is 0 Å². The Balaban J connectivity index is 2.11. The maximum absolute atomic E-state index is 9.28. The average molecular weight is 239 g/mol. The highest BCUT2D eigenvalue weighted by Crippen LogP contribution is 2.27. The summed E-state index contributed by atoms with van der Waals surface area (Å²) in [6, 6.07) is 3.73. The van der Waals surface area contributed by atoms with E-state index < -0.39 is 6.10 Å². The molecular formula is C9H9N3OS2. The number of hydrogen-bond acceptors (Lipinski definition) is 6. The molecule has 2 heterocycles. The van der Waals surface area contributed by atoms with Crippen LogP contribution in [0.5, 0.6) is 0 Å². The predicted molar refractivity (Wildman–Crippen MR) is 58.9 cm³/mol. The van der Waals surface area contributed by atoms with E-state index in [0.717, 1.165) is 9.24 Å². The highest BCUT2D eigenvalue weighted by molar-refractivity contribution is 8.01. The van der Waals surface area contributed by atoms with Crippen LogP contribution in [0.25, 0.3) is 0 Å². The summed E-state index contributed by atoms with van der Waals surface area (Å²) < 4.78 is 4.80. The second-order valence-electron chi connectivity index (χ2n) is 2.90. The zero-order valence-electron chi connectivity index (χ0n) is 7.99. The van der Waals surface area contributed by atoms with E-state index in [1.54, 1.807) is 13.1 Å². The van der Waals surface area contributed by atoms with Gasteiger partial charge in [-0.1, -0.05) is 11.8 Å². The lowest BCUT2D eigenvalue weighted by molar-refractivity contribution is 0.194. The molecule has 1 atom stereocenters. The zero-order chi connectivity index (χ0) is 10.7. The van der Waals surface area contributed by atoms with Crippen molar-refractivity contribution in [3.8, 4) is 0 Å². The first-order chi connectivity index (χ1) is 7.25. The maximum atomic E-state index is 9.28. The van der Waals surface area contributed by atoms with Crippen molar-refractivity contribution in [3.63, 3.8) is 0 Å². The molecule has 6 heteroatoms. The Morgan fingerprint density at radius 3 is 2.80 bits per heavy atom. The monoisotopic (exact) mass is 239 g/mol. The zero-order valence-corrected chi connectivity index (χ0v) is 9.63. The summed E-state index contributed by atoms with van der Waals surface area (Å²) in [7, 11) is 0. The van der Waals surface area contributed by atoms with Gasteiger partial charge >= 0.3 is 0 Å². The lowest BCUT2D eigenvalue weighted by atomic mass is 10.2. The van der Waals surface area contributed by atoms with Crippen molar-refractivity contribution in [2.75, 3.05) is 0 Å². The molecule has 2 rings (SSSR count). The van der Waals surface area contributed by atoms with E-state index in [1.165, 1.54) is 29.6 Å². The fraction of sp³-hybridized carbons (Fsp3) is 0.222. The lowest BCUT2D eigenvalue weighted by Gasteiger charge is -2.03. The van der Waals surface area contributed by atoms with Gasteiger partial charge in [-0.05, 0) is 30.6 Å². The van der Waals surface area contributed by atoms with E-state index in [0.29, 0.717) is 5.69 Å². The van der Waals surface area contributed by atoms with Gasteiger partial charge in [-0.15, -0.1) is 0 Å². The van der Waals surface area contributed by atoms with Crippen molar-refractivity contribution in [1.29, 1.82) is 0 Å². The molecule has 0 radical (unpaired) electrons. The van der Waals surface area contributed by atoms with E-state index in [1.807, 2.05) is 12.1 Å². The molecule has 0 aliphatic heterocycles. The molecule has 0 fully saturated rings. The van der Waals surface area contributed by atoms with Gasteiger partial charge in [0.05, 0.1) is 11.8 Å². The number of hydrogen-bond donors (Lipinski definition) is 1. The van der Waals surface area contributed by atoms with Gasteiger partial charge in [-0.2, -0.15) is 4.37 Å². The largest absolute Gasteiger partial charge is 0.387 e. The first-order valence-corrected chi connectivity index (χ1v) is 5.93. The molecule has 0 aromatic carbocycles. The summed E-state index contributed by atoms with van der Waals surface area (Å²) in [5, 5.41) is 9.28. The molecule has 0 saturated heterocycles. The average Bonchev–Trinajstić information content (AvgIpc) is 2.71. The first-order valence-electron chi connectivity index (χ1n) is 4.34. The third-order valence-corrected chi connectivity index (χ3v) is 3.43. The van der Waals surface area contributed by atoms with Gasteiger partial charge in [0.25, 0.3) is 0 Å². The van der Waals surface area contributed by atoms with Crippen LogP contribution in [-0.4, -0.2) is 19.4 Å². The van der Waals surface area contributed by atoms with E-state index in [4.69, 9.17) is 0 Å². The van der Waals surface area contributed by atoms with Gasteiger partial charge in [0.1, 0.15) is 6.33 Å². The van der Waals surface area contributed by atoms with Crippen LogP contribution >= 0.6 is 23.3 Å². The minimum Gasteiger partial charge on any atom is -0.387 e. The molecule has 0 amide bonds. The van der Waals surface area contributed by atoms with Crippen molar-refractivity contribution >= 4 is 23.3 Å². The van der Waals surface area contributed by atoms with Gasteiger partial charge in [0.15, 0.2) is 4.34 Å². The quantitative estimate of drug-likeness (QED) is 0.889. The number of aliphatic hydroxyl groups is 1. The van der Waals surface area contributed by atoms with Crippen molar-refractivity contribution < 1.29 is 5.11 Å². The molecule has 15 heavy (non-hydrogen) atoms. The van der Waals surface area contributed by atoms with Crippen LogP contribution < -0.4 is 0 Å². The Bertz CT molecular complexity index is 413. The smallest absolute Gasteiger partial charge is 0.174 e. The maximum Gasteiger partial charge on any atom is 0.174 e. The third kappa shape index (κ3) is 2.74. The van der Waals surface area contributed by atoms with Crippen molar-refractivity contribution in [3.05, 3.63) is 30.4 Å². The van der Waals surface area contributed by atoms with Crippen LogP contribution in [0.2, 0.25) is 0 Å². The SMILES string of the molecule is C[C@@H](O)c1ccc(Sc2ncns2)cn1. The number of rotatable bonds is 3. The fourth-order valence-corrected chi connectivity index (χ4v) is 2.40. The van der Waals surface area contributed by atoms with Gasteiger partial charge in [-0.25, -0.2) is 4.98 Å².